The van der Waals surface area contributed by atoms with Crippen LogP contribution in [0, 0.1) is 5.92 Å². The molecule has 28 heavy (non-hydrogen) atoms. The van der Waals surface area contributed by atoms with E-state index in [-0.39, 0.29) is 5.92 Å². The van der Waals surface area contributed by atoms with Crippen molar-refractivity contribution in [3.05, 3.63) is 12.7 Å². The summed E-state index contributed by atoms with van der Waals surface area (Å²) >= 11 is 0. The van der Waals surface area contributed by atoms with Crippen molar-refractivity contribution in [1.82, 2.24) is 30.3 Å². The molecule has 1 aliphatic heterocycles. The van der Waals surface area contributed by atoms with Crippen molar-refractivity contribution in [1.29, 1.82) is 0 Å². The third kappa shape index (κ3) is 7.13. The molecule has 8 nitrogen and oxygen atoms in total. The maximum atomic E-state index is 12.5. The standard InChI is InChI=1S/C20H37N7O/c1-4-17(5-2)19(28)27-13-9-18(10-14-27)25-20(21-6-3)22-11-7-8-12-26-15-23-24-16-26/h15-18H,4-14H2,1-3H3,(H2,21,22,25). The predicted molar refractivity (Wildman–Crippen MR) is 112 cm³/mol. The van der Waals surface area contributed by atoms with E-state index in [1.807, 2.05) is 9.47 Å². The number of guanidine groups is 1. The van der Waals surface area contributed by atoms with E-state index in [0.717, 1.165) is 77.2 Å². The van der Waals surface area contributed by atoms with Gasteiger partial charge in [0.1, 0.15) is 12.7 Å². The molecule has 0 atom stereocenters. The summed E-state index contributed by atoms with van der Waals surface area (Å²) in [6.07, 6.45) is 9.39. The normalized spacial score (nSPS) is 15.9. The Bertz CT molecular complexity index is 575. The maximum absolute atomic E-state index is 12.5. The Morgan fingerprint density at radius 2 is 1.82 bits per heavy atom. The van der Waals surface area contributed by atoms with Gasteiger partial charge in [0.15, 0.2) is 5.96 Å². The largest absolute Gasteiger partial charge is 0.357 e. The molecule has 0 saturated carbocycles. The Morgan fingerprint density at radius 3 is 2.43 bits per heavy atom. The fourth-order valence-electron chi connectivity index (χ4n) is 3.59. The molecule has 0 spiro atoms. The van der Waals surface area contributed by atoms with Crippen LogP contribution in [0.4, 0.5) is 0 Å². The van der Waals surface area contributed by atoms with Crippen LogP contribution in [0.15, 0.2) is 17.6 Å². The topological polar surface area (TPSA) is 87.4 Å². The van der Waals surface area contributed by atoms with E-state index in [4.69, 9.17) is 4.99 Å². The zero-order chi connectivity index (χ0) is 20.2. The zero-order valence-corrected chi connectivity index (χ0v) is 17.7. The van der Waals surface area contributed by atoms with Crippen LogP contribution in [-0.4, -0.2) is 63.8 Å². The summed E-state index contributed by atoms with van der Waals surface area (Å²) in [5.74, 6) is 1.40. The molecule has 0 radical (unpaired) electrons. The molecule has 1 saturated heterocycles. The number of aromatic nitrogens is 3. The number of hydrogen-bond acceptors (Lipinski definition) is 4. The molecule has 1 aromatic heterocycles. The highest BCUT2D eigenvalue weighted by Crippen LogP contribution is 2.17. The Kier molecular flexibility index (Phi) is 9.79. The van der Waals surface area contributed by atoms with Crippen molar-refractivity contribution in [2.75, 3.05) is 26.2 Å². The molecule has 8 heteroatoms. The first-order valence-electron chi connectivity index (χ1n) is 10.8. The van der Waals surface area contributed by atoms with Crippen LogP contribution in [0.2, 0.25) is 0 Å². The van der Waals surface area contributed by atoms with Crippen LogP contribution in [0.25, 0.3) is 0 Å². The molecule has 1 aromatic rings. The monoisotopic (exact) mass is 391 g/mol. The molecule has 158 valence electrons. The van der Waals surface area contributed by atoms with Gasteiger partial charge in [-0.05, 0) is 45.4 Å². The second kappa shape index (κ2) is 12.4. The summed E-state index contributed by atoms with van der Waals surface area (Å²) in [7, 11) is 0. The first-order valence-corrected chi connectivity index (χ1v) is 10.8. The number of rotatable bonds is 10. The van der Waals surface area contributed by atoms with Gasteiger partial charge in [-0.1, -0.05) is 13.8 Å². The highest BCUT2D eigenvalue weighted by atomic mass is 16.2. The quantitative estimate of drug-likeness (QED) is 0.362. The SMILES string of the molecule is CCNC(=NCCCCn1cnnc1)NC1CCN(C(=O)C(CC)CC)CC1. The van der Waals surface area contributed by atoms with Crippen LogP contribution in [0.1, 0.15) is 59.3 Å². The lowest BCUT2D eigenvalue weighted by atomic mass is 9.98. The molecule has 2 N–H and O–H groups in total. The first-order chi connectivity index (χ1) is 13.7. The van der Waals surface area contributed by atoms with Crippen LogP contribution in [0.3, 0.4) is 0 Å². The molecule has 2 rings (SSSR count). The molecule has 0 bridgehead atoms. The smallest absolute Gasteiger partial charge is 0.225 e. The number of unbranched alkanes of at least 4 members (excludes halogenated alkanes) is 1. The summed E-state index contributed by atoms with van der Waals surface area (Å²) in [6, 6.07) is 0.376. The van der Waals surface area contributed by atoms with Gasteiger partial charge in [-0.15, -0.1) is 10.2 Å². The Hall–Kier alpha value is -2.12. The minimum absolute atomic E-state index is 0.182. The first kappa shape index (κ1) is 22.2. The van der Waals surface area contributed by atoms with E-state index in [1.54, 1.807) is 12.7 Å². The van der Waals surface area contributed by atoms with Gasteiger partial charge in [0.2, 0.25) is 5.91 Å². The van der Waals surface area contributed by atoms with Gasteiger partial charge in [0, 0.05) is 44.7 Å². The van der Waals surface area contributed by atoms with E-state index >= 15 is 0 Å². The lowest BCUT2D eigenvalue weighted by Gasteiger charge is -2.34. The van der Waals surface area contributed by atoms with Crippen molar-refractivity contribution >= 4 is 11.9 Å². The van der Waals surface area contributed by atoms with Gasteiger partial charge in [-0.3, -0.25) is 9.79 Å². The van der Waals surface area contributed by atoms with Crippen molar-refractivity contribution in [3.63, 3.8) is 0 Å². The lowest BCUT2D eigenvalue weighted by molar-refractivity contribution is -0.136. The number of amides is 1. The average Bonchev–Trinajstić information content (AvgIpc) is 3.23. The van der Waals surface area contributed by atoms with E-state index in [1.165, 1.54) is 0 Å². The third-order valence-corrected chi connectivity index (χ3v) is 5.39. The van der Waals surface area contributed by atoms with E-state index in [9.17, 15) is 4.79 Å². The Balaban J connectivity index is 1.72. The molecular weight excluding hydrogens is 354 g/mol. The molecule has 1 aliphatic rings. The average molecular weight is 392 g/mol. The highest BCUT2D eigenvalue weighted by molar-refractivity contribution is 5.80. The fourth-order valence-corrected chi connectivity index (χ4v) is 3.59. The lowest BCUT2D eigenvalue weighted by Crippen LogP contribution is -2.50. The van der Waals surface area contributed by atoms with E-state index < -0.39 is 0 Å². The second-order valence-electron chi connectivity index (χ2n) is 7.42. The molecule has 1 fully saturated rings. The number of nitrogens with zero attached hydrogens (tertiary/aromatic N) is 5. The minimum atomic E-state index is 0.182. The second-order valence-corrected chi connectivity index (χ2v) is 7.42. The van der Waals surface area contributed by atoms with Crippen molar-refractivity contribution in [3.8, 4) is 0 Å². The summed E-state index contributed by atoms with van der Waals surface area (Å²) < 4.78 is 1.99. The van der Waals surface area contributed by atoms with E-state index in [0.29, 0.717) is 11.9 Å². The summed E-state index contributed by atoms with van der Waals surface area (Å²) in [5, 5.41) is 14.5. The highest BCUT2D eigenvalue weighted by Gasteiger charge is 2.26. The summed E-state index contributed by atoms with van der Waals surface area (Å²) in [6.45, 7) is 10.5. The predicted octanol–water partition coefficient (Wildman–Crippen LogP) is 2.04. The number of piperidine rings is 1. The van der Waals surface area contributed by atoms with Crippen molar-refractivity contribution in [2.45, 2.75) is 71.9 Å². The molecule has 0 aromatic carbocycles. The summed E-state index contributed by atoms with van der Waals surface area (Å²) in [5.41, 5.74) is 0. The van der Waals surface area contributed by atoms with Crippen molar-refractivity contribution < 1.29 is 4.79 Å². The number of aryl methyl sites for hydroxylation is 1. The Labute approximate surface area is 169 Å². The number of carbonyl (C=O) groups is 1. The number of nitrogens with one attached hydrogen (secondary N) is 2. The third-order valence-electron chi connectivity index (χ3n) is 5.39. The number of likely N-dealkylation sites (tertiary alicyclic amines) is 1. The van der Waals surface area contributed by atoms with Gasteiger partial charge in [-0.2, -0.15) is 0 Å². The summed E-state index contributed by atoms with van der Waals surface area (Å²) in [4.78, 5) is 19.3. The van der Waals surface area contributed by atoms with E-state index in [2.05, 4.69) is 41.6 Å². The van der Waals surface area contributed by atoms with Gasteiger partial charge < -0.3 is 20.1 Å². The number of hydrogen-bond donors (Lipinski definition) is 2. The van der Waals surface area contributed by atoms with Gasteiger partial charge in [0.05, 0.1) is 0 Å². The fraction of sp³-hybridized carbons (Fsp3) is 0.800. The van der Waals surface area contributed by atoms with Gasteiger partial charge in [0.25, 0.3) is 0 Å². The van der Waals surface area contributed by atoms with Crippen molar-refractivity contribution in [2.24, 2.45) is 10.9 Å². The zero-order valence-electron chi connectivity index (χ0n) is 17.7. The molecule has 1 amide bonds. The molecule has 2 heterocycles. The number of aliphatic imine (C=N–C) groups is 1. The number of carbonyl (C=O) groups excluding carboxylic acids is 1. The molecule has 0 unspecified atom stereocenters. The van der Waals surface area contributed by atoms with Crippen LogP contribution < -0.4 is 10.6 Å². The van der Waals surface area contributed by atoms with Gasteiger partial charge >= 0.3 is 0 Å². The Morgan fingerprint density at radius 1 is 1.14 bits per heavy atom. The van der Waals surface area contributed by atoms with Gasteiger partial charge in [-0.25, -0.2) is 0 Å². The van der Waals surface area contributed by atoms with Crippen LogP contribution >= 0.6 is 0 Å². The molecular formula is C20H37N7O. The minimum Gasteiger partial charge on any atom is -0.357 e. The van der Waals surface area contributed by atoms with Crippen LogP contribution in [0.5, 0.6) is 0 Å². The van der Waals surface area contributed by atoms with Crippen LogP contribution in [-0.2, 0) is 11.3 Å². The molecule has 0 aliphatic carbocycles. The maximum Gasteiger partial charge on any atom is 0.225 e.